The molecule has 5 nitrogen and oxygen atoms in total. The van der Waals surface area contributed by atoms with Crippen molar-refractivity contribution in [2.45, 2.75) is 19.9 Å². The van der Waals surface area contributed by atoms with Gasteiger partial charge in [0, 0.05) is 18.8 Å². The topological polar surface area (TPSA) is 67.4 Å². The zero-order valence-corrected chi connectivity index (χ0v) is 11.9. The number of hydrogen-bond acceptors (Lipinski definition) is 4. The van der Waals surface area contributed by atoms with E-state index in [1.807, 2.05) is 25.1 Å². The zero-order valence-electron chi connectivity index (χ0n) is 11.1. The van der Waals surface area contributed by atoms with Crippen LogP contribution in [0.15, 0.2) is 18.2 Å². The molecule has 0 atom stereocenters. The highest BCUT2D eigenvalue weighted by Gasteiger charge is 2.13. The Morgan fingerprint density at radius 2 is 2.21 bits per heavy atom. The summed E-state index contributed by atoms with van der Waals surface area (Å²) < 4.78 is 31.3. The molecule has 0 fully saturated rings. The van der Waals surface area contributed by atoms with Gasteiger partial charge in [-0.1, -0.05) is 6.07 Å². The van der Waals surface area contributed by atoms with Crippen LogP contribution in [0, 0.1) is 0 Å². The van der Waals surface area contributed by atoms with Crippen molar-refractivity contribution in [3.63, 3.8) is 0 Å². The highest BCUT2D eigenvalue weighted by atomic mass is 32.2. The van der Waals surface area contributed by atoms with E-state index in [2.05, 4.69) is 10.0 Å². The van der Waals surface area contributed by atoms with Gasteiger partial charge in [-0.3, -0.25) is 4.72 Å². The van der Waals surface area contributed by atoms with E-state index in [4.69, 9.17) is 4.74 Å². The van der Waals surface area contributed by atoms with Gasteiger partial charge >= 0.3 is 0 Å². The fraction of sp³-hybridized carbons (Fsp3) is 0.538. The molecular weight excluding hydrogens is 264 g/mol. The van der Waals surface area contributed by atoms with Gasteiger partial charge in [0.25, 0.3) is 0 Å². The van der Waals surface area contributed by atoms with E-state index in [0.717, 1.165) is 25.1 Å². The standard InChI is InChI=1S/C13H20N2O3S/c1-2-18-7-8-19(16,17)15-13-4-3-11-5-6-14-10-12(11)9-13/h3-4,9,14-15H,2,5-8,10H2,1H3. The lowest BCUT2D eigenvalue weighted by molar-refractivity contribution is 0.163. The Balaban J connectivity index is 2.02. The van der Waals surface area contributed by atoms with Gasteiger partial charge in [0.2, 0.25) is 10.0 Å². The number of rotatable bonds is 6. The molecule has 19 heavy (non-hydrogen) atoms. The molecule has 0 unspecified atom stereocenters. The number of benzene rings is 1. The molecule has 0 aliphatic carbocycles. The first-order valence-electron chi connectivity index (χ1n) is 6.51. The van der Waals surface area contributed by atoms with E-state index in [0.29, 0.717) is 12.3 Å². The number of anilines is 1. The fourth-order valence-corrected chi connectivity index (χ4v) is 3.01. The van der Waals surface area contributed by atoms with Crippen molar-refractivity contribution in [1.29, 1.82) is 0 Å². The Morgan fingerprint density at radius 1 is 1.37 bits per heavy atom. The van der Waals surface area contributed by atoms with E-state index >= 15 is 0 Å². The molecule has 1 aromatic rings. The summed E-state index contributed by atoms with van der Waals surface area (Å²) in [6.07, 6.45) is 0.993. The van der Waals surface area contributed by atoms with E-state index in [9.17, 15) is 8.42 Å². The van der Waals surface area contributed by atoms with E-state index in [1.54, 1.807) is 0 Å². The Labute approximate surface area is 114 Å². The molecule has 0 bridgehead atoms. The minimum absolute atomic E-state index is 0.0177. The molecule has 2 N–H and O–H groups in total. The summed E-state index contributed by atoms with van der Waals surface area (Å²) in [6, 6.07) is 5.72. The van der Waals surface area contributed by atoms with Crippen LogP contribution in [-0.4, -0.2) is 33.9 Å². The Hall–Kier alpha value is -1.11. The van der Waals surface area contributed by atoms with E-state index < -0.39 is 10.0 Å². The van der Waals surface area contributed by atoms with Crippen LogP contribution in [-0.2, 0) is 27.7 Å². The van der Waals surface area contributed by atoms with Crippen molar-refractivity contribution >= 4 is 15.7 Å². The third-order valence-corrected chi connectivity index (χ3v) is 4.32. The summed E-state index contributed by atoms with van der Waals surface area (Å²) in [5, 5.41) is 3.28. The number of ether oxygens (including phenoxy) is 1. The lowest BCUT2D eigenvalue weighted by Gasteiger charge is -2.18. The van der Waals surface area contributed by atoms with Gasteiger partial charge in [0.05, 0.1) is 12.4 Å². The van der Waals surface area contributed by atoms with Crippen molar-refractivity contribution in [2.75, 3.05) is 30.2 Å². The molecule has 0 radical (unpaired) electrons. The predicted octanol–water partition coefficient (Wildman–Crippen LogP) is 1.11. The Bertz CT molecular complexity index is 529. The van der Waals surface area contributed by atoms with Gasteiger partial charge in [-0.05, 0) is 43.1 Å². The Kier molecular flexibility index (Phi) is 4.79. The summed E-state index contributed by atoms with van der Waals surface area (Å²) in [5.74, 6) is -0.0177. The number of hydrogen-bond donors (Lipinski definition) is 2. The highest BCUT2D eigenvalue weighted by Crippen LogP contribution is 2.19. The maximum Gasteiger partial charge on any atom is 0.234 e. The third kappa shape index (κ3) is 4.19. The third-order valence-electron chi connectivity index (χ3n) is 3.07. The van der Waals surface area contributed by atoms with Crippen LogP contribution < -0.4 is 10.0 Å². The second-order valence-corrected chi connectivity index (χ2v) is 6.37. The van der Waals surface area contributed by atoms with Crippen molar-refractivity contribution < 1.29 is 13.2 Å². The van der Waals surface area contributed by atoms with Gasteiger partial charge in [-0.25, -0.2) is 8.42 Å². The number of sulfonamides is 1. The average Bonchev–Trinajstić information content (AvgIpc) is 2.38. The fourth-order valence-electron chi connectivity index (χ4n) is 2.09. The SMILES string of the molecule is CCOCCS(=O)(=O)Nc1ccc2c(c1)CNCC2. The van der Waals surface area contributed by atoms with Gasteiger partial charge in [0.1, 0.15) is 0 Å². The number of nitrogens with one attached hydrogen (secondary N) is 2. The zero-order chi connectivity index (χ0) is 13.7. The van der Waals surface area contributed by atoms with Crippen LogP contribution in [0.3, 0.4) is 0 Å². The minimum atomic E-state index is -3.33. The lowest BCUT2D eigenvalue weighted by atomic mass is 10.0. The first kappa shape index (κ1) is 14.3. The summed E-state index contributed by atoms with van der Waals surface area (Å²) in [7, 11) is -3.33. The van der Waals surface area contributed by atoms with E-state index in [1.165, 1.54) is 5.56 Å². The molecule has 0 saturated carbocycles. The maximum absolute atomic E-state index is 11.8. The predicted molar refractivity (Wildman–Crippen MR) is 75.8 cm³/mol. The van der Waals surface area contributed by atoms with Gasteiger partial charge < -0.3 is 10.1 Å². The van der Waals surface area contributed by atoms with Crippen molar-refractivity contribution in [1.82, 2.24) is 5.32 Å². The highest BCUT2D eigenvalue weighted by molar-refractivity contribution is 7.92. The Morgan fingerprint density at radius 3 is 3.00 bits per heavy atom. The molecule has 1 heterocycles. The molecular formula is C13H20N2O3S. The van der Waals surface area contributed by atoms with Gasteiger partial charge in [-0.2, -0.15) is 0 Å². The summed E-state index contributed by atoms with van der Waals surface area (Å²) in [5.41, 5.74) is 3.08. The smallest absolute Gasteiger partial charge is 0.234 e. The lowest BCUT2D eigenvalue weighted by Crippen LogP contribution is -2.24. The molecule has 0 amide bonds. The van der Waals surface area contributed by atoms with Gasteiger partial charge in [0.15, 0.2) is 0 Å². The molecule has 0 spiro atoms. The molecule has 1 aliphatic rings. The largest absolute Gasteiger partial charge is 0.381 e. The monoisotopic (exact) mass is 284 g/mol. The van der Waals surface area contributed by atoms with Crippen LogP contribution in [0.2, 0.25) is 0 Å². The quantitative estimate of drug-likeness (QED) is 0.768. The first-order chi connectivity index (χ1) is 9.11. The molecule has 1 aliphatic heterocycles. The van der Waals surface area contributed by atoms with Crippen molar-refractivity contribution in [2.24, 2.45) is 0 Å². The van der Waals surface area contributed by atoms with Crippen LogP contribution in [0.5, 0.6) is 0 Å². The van der Waals surface area contributed by atoms with Crippen LogP contribution in [0.1, 0.15) is 18.1 Å². The molecule has 1 aromatic carbocycles. The summed E-state index contributed by atoms with van der Waals surface area (Å²) >= 11 is 0. The number of fused-ring (bicyclic) bond motifs is 1. The van der Waals surface area contributed by atoms with E-state index in [-0.39, 0.29) is 12.4 Å². The molecule has 106 valence electrons. The van der Waals surface area contributed by atoms with Crippen LogP contribution in [0.25, 0.3) is 0 Å². The average molecular weight is 284 g/mol. The first-order valence-corrected chi connectivity index (χ1v) is 8.17. The summed E-state index contributed by atoms with van der Waals surface area (Å²) in [4.78, 5) is 0. The molecule has 6 heteroatoms. The maximum atomic E-state index is 11.8. The van der Waals surface area contributed by atoms with Crippen LogP contribution in [0.4, 0.5) is 5.69 Å². The van der Waals surface area contributed by atoms with Crippen molar-refractivity contribution in [3.8, 4) is 0 Å². The second-order valence-electron chi connectivity index (χ2n) is 4.53. The molecule has 0 aromatic heterocycles. The second kappa shape index (κ2) is 6.36. The van der Waals surface area contributed by atoms with Gasteiger partial charge in [-0.15, -0.1) is 0 Å². The van der Waals surface area contributed by atoms with Crippen LogP contribution >= 0.6 is 0 Å². The minimum Gasteiger partial charge on any atom is -0.381 e. The molecule has 2 rings (SSSR count). The summed E-state index contributed by atoms with van der Waals surface area (Å²) in [6.45, 7) is 4.37. The van der Waals surface area contributed by atoms with Crippen molar-refractivity contribution in [3.05, 3.63) is 29.3 Å². The molecule has 0 saturated heterocycles. The normalized spacial score (nSPS) is 15.0.